The third-order valence-corrected chi connectivity index (χ3v) is 15.0. The van der Waals surface area contributed by atoms with Crippen LogP contribution < -0.4 is 24.8 Å². The average Bonchev–Trinajstić information content (AvgIpc) is 3.60. The predicted octanol–water partition coefficient (Wildman–Crippen LogP) is 3.81. The van der Waals surface area contributed by atoms with Gasteiger partial charge >= 0.3 is 143 Å². The van der Waals surface area contributed by atoms with Crippen molar-refractivity contribution in [2.24, 2.45) is 0 Å². The van der Waals surface area contributed by atoms with Gasteiger partial charge in [-0.25, -0.2) is 0 Å². The van der Waals surface area contributed by atoms with Crippen LogP contribution >= 0.6 is 0 Å². The fourth-order valence-electron chi connectivity index (χ4n) is 7.08. The van der Waals surface area contributed by atoms with E-state index in [4.69, 9.17) is 0 Å². The van der Waals surface area contributed by atoms with E-state index in [-0.39, 0.29) is 30.2 Å². The monoisotopic (exact) mass is 672 g/mol. The van der Waals surface area contributed by atoms with Crippen LogP contribution in [-0.4, -0.2) is 12.6 Å². The summed E-state index contributed by atoms with van der Waals surface area (Å²) in [5.41, 5.74) is 15.6. The Kier molecular flexibility index (Phi) is 9.10. The molecule has 4 aliphatic rings. The summed E-state index contributed by atoms with van der Waals surface area (Å²) in [7, 11) is -1.17. The molecule has 1 nitrogen and oxygen atoms in total. The molecule has 2 atom stereocenters. The number of aromatic nitrogens is 1. The Labute approximate surface area is 274 Å². The standard InChI is InChI=1S/C20H21.C16H17NSi.2ClH.Zr/c1-14-12-16-6-5-7-18(19(16)13-14)15-8-10-17(11-9-15)20(2,3)4;1-11-15-13-9-10-17(12-7-5-4-6-8-12)14(13)16(11)18(15,2)3;;;/h5-13H,1-4H3;4-10,15H,1-3H3;2*1H;/q;;;;+2/p-2. The molecule has 2 unspecified atom stereocenters. The van der Waals surface area contributed by atoms with Crippen LogP contribution in [0.1, 0.15) is 71.7 Å². The number of allylic oxidation sites excluding steroid dienone is 2. The fraction of sp³-hybridized carbons (Fsp3) is 0.278. The minimum absolute atomic E-state index is 0. The summed E-state index contributed by atoms with van der Waals surface area (Å²) in [5, 5.41) is 1.70. The second-order valence-electron chi connectivity index (χ2n) is 13.0. The van der Waals surface area contributed by atoms with E-state index < -0.39 is 8.07 Å². The Bertz CT molecular complexity index is 1640. The molecule has 41 heavy (non-hydrogen) atoms. The van der Waals surface area contributed by atoms with E-state index in [1.54, 1.807) is 41.1 Å². The minimum Gasteiger partial charge on any atom is -1.00 e. The minimum atomic E-state index is -1.17. The van der Waals surface area contributed by atoms with Crippen LogP contribution in [0.2, 0.25) is 13.1 Å². The number of nitrogens with zero attached hydrogens (tertiary/aromatic N) is 1. The van der Waals surface area contributed by atoms with E-state index >= 15 is 0 Å². The molecule has 3 heterocycles. The van der Waals surface area contributed by atoms with Crippen LogP contribution in [0.25, 0.3) is 28.1 Å². The molecule has 5 heteroatoms. The van der Waals surface area contributed by atoms with Gasteiger partial charge in [0.05, 0.1) is 8.07 Å². The summed E-state index contributed by atoms with van der Waals surface area (Å²) in [6.45, 7) is 16.4. The topological polar surface area (TPSA) is 4.93 Å². The number of hydrogen-bond acceptors (Lipinski definition) is 0. The van der Waals surface area contributed by atoms with Gasteiger partial charge in [-0.2, -0.15) is 0 Å². The Hall–Kier alpha value is -1.90. The Morgan fingerprint density at radius 3 is 2.05 bits per heavy atom. The first-order valence-corrected chi connectivity index (χ1v) is 18.6. The summed E-state index contributed by atoms with van der Waals surface area (Å²) in [5.74, 6) is 0. The Morgan fingerprint density at radius 2 is 1.44 bits per heavy atom. The Morgan fingerprint density at radius 1 is 0.780 bits per heavy atom. The summed E-state index contributed by atoms with van der Waals surface area (Å²) in [6, 6.07) is 28.9. The summed E-state index contributed by atoms with van der Waals surface area (Å²) >= 11 is 1.58. The predicted molar refractivity (Wildman–Crippen MR) is 166 cm³/mol. The van der Waals surface area contributed by atoms with Gasteiger partial charge in [-0.15, -0.1) is 0 Å². The number of rotatable bonds is 2. The van der Waals surface area contributed by atoms with E-state index in [9.17, 15) is 0 Å². The summed E-state index contributed by atoms with van der Waals surface area (Å²) in [6.07, 6.45) is 4.62. The zero-order chi connectivity index (χ0) is 27.7. The molecule has 0 fully saturated rings. The number of fused-ring (bicyclic) bond motifs is 1. The molecule has 2 aliphatic heterocycles. The molecule has 0 saturated carbocycles. The van der Waals surface area contributed by atoms with Gasteiger partial charge in [-0.3, -0.25) is 0 Å². The van der Waals surface area contributed by atoms with Gasteiger partial charge in [0.25, 0.3) is 0 Å². The summed E-state index contributed by atoms with van der Waals surface area (Å²) in [4.78, 5) is 0. The van der Waals surface area contributed by atoms with Gasteiger partial charge in [0.2, 0.25) is 0 Å². The number of benzene rings is 3. The maximum absolute atomic E-state index is 2.51. The van der Waals surface area contributed by atoms with Gasteiger partial charge in [0.1, 0.15) is 0 Å². The van der Waals surface area contributed by atoms with Crippen molar-refractivity contribution >= 4 is 19.3 Å². The molecule has 209 valence electrons. The SMILES string of the molecule is CC1=C2c3c(ccn3-c3ccccc3)C1[Si]2(C)C.CC1=Cc2c(-c3ccc(C(C)(C)C)cc3)cccc2[CH]1[Zr+2].[Cl-].[Cl-]. The van der Waals surface area contributed by atoms with Crippen molar-refractivity contribution in [3.05, 3.63) is 124 Å². The molecule has 2 bridgehead atoms. The van der Waals surface area contributed by atoms with Gasteiger partial charge < -0.3 is 29.4 Å². The van der Waals surface area contributed by atoms with Crippen LogP contribution in [0.3, 0.4) is 0 Å². The maximum Gasteiger partial charge on any atom is -1.00 e. The zero-order valence-corrected chi connectivity index (χ0v) is 30.0. The first-order chi connectivity index (χ1) is 18.5. The van der Waals surface area contributed by atoms with Crippen molar-refractivity contribution < 1.29 is 49.5 Å². The number of hydrogen-bond donors (Lipinski definition) is 0. The third-order valence-electron chi connectivity index (χ3n) is 9.03. The van der Waals surface area contributed by atoms with Crippen LogP contribution in [0.5, 0.6) is 0 Å². The maximum atomic E-state index is 2.51. The second kappa shape index (κ2) is 11.6. The molecule has 0 N–H and O–H groups in total. The number of para-hydroxylation sites is 1. The third kappa shape index (κ3) is 5.27. The molecule has 2 aliphatic carbocycles. The molecule has 4 aromatic rings. The molecule has 0 spiro atoms. The quantitative estimate of drug-likeness (QED) is 0.286. The second-order valence-corrected chi connectivity index (χ2v) is 18.9. The zero-order valence-electron chi connectivity index (χ0n) is 25.0. The van der Waals surface area contributed by atoms with Crippen molar-refractivity contribution in [1.82, 2.24) is 4.57 Å². The molecule has 1 aromatic heterocycles. The van der Waals surface area contributed by atoms with E-state index in [0.29, 0.717) is 3.63 Å². The fourth-order valence-corrected chi connectivity index (χ4v) is 12.2. The van der Waals surface area contributed by atoms with Gasteiger partial charge in [-0.05, 0) is 35.9 Å². The molecule has 8 rings (SSSR count). The van der Waals surface area contributed by atoms with Crippen LogP contribution in [0.15, 0.2) is 96.2 Å². The largest absolute Gasteiger partial charge is 1.00 e. The summed E-state index contributed by atoms with van der Waals surface area (Å²) < 4.78 is 3.02. The smallest absolute Gasteiger partial charge is 1.00 e. The average molecular weight is 675 g/mol. The van der Waals surface area contributed by atoms with E-state index in [1.165, 1.54) is 44.8 Å². The van der Waals surface area contributed by atoms with Crippen LogP contribution in [0.4, 0.5) is 0 Å². The van der Waals surface area contributed by atoms with Gasteiger partial charge in [0, 0.05) is 23.1 Å². The molecular weight excluding hydrogens is 637 g/mol. The normalized spacial score (nSPS) is 19.1. The van der Waals surface area contributed by atoms with Gasteiger partial charge in [0.15, 0.2) is 0 Å². The van der Waals surface area contributed by atoms with Crippen molar-refractivity contribution in [3.63, 3.8) is 0 Å². The molecule has 0 amide bonds. The van der Waals surface area contributed by atoms with Gasteiger partial charge in [-0.1, -0.05) is 36.9 Å². The molecule has 3 aromatic carbocycles. The van der Waals surface area contributed by atoms with E-state index in [0.717, 1.165) is 5.54 Å². The first-order valence-electron chi connectivity index (χ1n) is 14.1. The van der Waals surface area contributed by atoms with Crippen LogP contribution in [0, 0.1) is 0 Å². The number of halogens is 2. The Balaban J connectivity index is 0.000000182. The van der Waals surface area contributed by atoms with Crippen molar-refractivity contribution in [3.8, 4) is 16.8 Å². The van der Waals surface area contributed by atoms with Crippen LogP contribution in [-0.2, 0) is 30.1 Å². The molecular formula is C36H38Cl2NSiZr. The van der Waals surface area contributed by atoms with E-state index in [1.807, 2.05) is 0 Å². The van der Waals surface area contributed by atoms with Crippen molar-refractivity contribution in [2.75, 3.05) is 0 Å². The van der Waals surface area contributed by atoms with E-state index in [2.05, 4.69) is 143 Å². The van der Waals surface area contributed by atoms with Crippen molar-refractivity contribution in [1.29, 1.82) is 0 Å². The van der Waals surface area contributed by atoms with Crippen molar-refractivity contribution in [2.45, 2.75) is 62.3 Å². The molecule has 0 radical (unpaired) electrons. The first kappa shape index (κ1) is 32.0. The molecule has 0 saturated heterocycles.